The van der Waals surface area contributed by atoms with Gasteiger partial charge in [-0.2, -0.15) is 0 Å². The molecule has 1 aliphatic heterocycles. The summed E-state index contributed by atoms with van der Waals surface area (Å²) in [6, 6.07) is 14.1. The Morgan fingerprint density at radius 3 is 2.67 bits per heavy atom. The molecule has 1 saturated heterocycles. The van der Waals surface area contributed by atoms with Crippen molar-refractivity contribution in [2.24, 2.45) is 0 Å². The van der Waals surface area contributed by atoms with Gasteiger partial charge in [-0.15, -0.1) is 0 Å². The van der Waals surface area contributed by atoms with Crippen molar-refractivity contribution >= 4 is 16.8 Å². The van der Waals surface area contributed by atoms with Gasteiger partial charge in [-0.3, -0.25) is 4.79 Å². The predicted molar refractivity (Wildman–Crippen MR) is 103 cm³/mol. The van der Waals surface area contributed by atoms with E-state index in [0.29, 0.717) is 25.9 Å². The number of para-hydroxylation sites is 1. The Hall–Kier alpha value is -2.70. The molecule has 1 aromatic heterocycles. The van der Waals surface area contributed by atoms with Crippen molar-refractivity contribution in [1.29, 1.82) is 0 Å². The summed E-state index contributed by atoms with van der Waals surface area (Å²) < 4.78 is 13.3. The van der Waals surface area contributed by atoms with E-state index in [0.717, 1.165) is 27.7 Å². The molecule has 0 spiro atoms. The van der Waals surface area contributed by atoms with Crippen LogP contribution in [0.3, 0.4) is 0 Å². The molecule has 140 valence electrons. The molecule has 1 aliphatic rings. The topological polar surface area (TPSA) is 77.2 Å². The third kappa shape index (κ3) is 3.72. The van der Waals surface area contributed by atoms with Gasteiger partial charge < -0.3 is 20.7 Å². The summed E-state index contributed by atoms with van der Waals surface area (Å²) in [4.78, 5) is 15.8. The van der Waals surface area contributed by atoms with E-state index < -0.39 is 6.10 Å². The Balaban J connectivity index is 1.57. The highest BCUT2D eigenvalue weighted by atomic mass is 19.1. The van der Waals surface area contributed by atoms with E-state index in [4.69, 9.17) is 0 Å². The van der Waals surface area contributed by atoms with Crippen molar-refractivity contribution in [3.05, 3.63) is 59.9 Å². The van der Waals surface area contributed by atoms with Crippen LogP contribution in [-0.4, -0.2) is 41.2 Å². The van der Waals surface area contributed by atoms with Crippen molar-refractivity contribution < 1.29 is 14.3 Å². The molecular weight excluding hydrogens is 345 g/mol. The van der Waals surface area contributed by atoms with Crippen LogP contribution in [0.25, 0.3) is 22.2 Å². The monoisotopic (exact) mass is 367 g/mol. The lowest BCUT2D eigenvalue weighted by Gasteiger charge is -2.15. The first-order valence-corrected chi connectivity index (χ1v) is 9.15. The summed E-state index contributed by atoms with van der Waals surface area (Å²) in [5.74, 6) is -0.363. The van der Waals surface area contributed by atoms with Gasteiger partial charge in [-0.05, 0) is 47.9 Å². The average molecular weight is 367 g/mol. The molecular formula is C21H22FN3O2. The maximum atomic E-state index is 13.3. The van der Waals surface area contributed by atoms with E-state index in [-0.39, 0.29) is 17.8 Å². The lowest BCUT2D eigenvalue weighted by molar-refractivity contribution is -0.122. The summed E-state index contributed by atoms with van der Waals surface area (Å²) in [6.07, 6.45) is 0.328. The number of aromatic nitrogens is 1. The van der Waals surface area contributed by atoms with Gasteiger partial charge in [0, 0.05) is 36.1 Å². The molecule has 6 heteroatoms. The normalized spacial score (nSPS) is 19.5. The van der Waals surface area contributed by atoms with Gasteiger partial charge in [0.15, 0.2) is 0 Å². The Bertz CT molecular complexity index is 952. The molecule has 0 unspecified atom stereocenters. The Morgan fingerprint density at radius 2 is 1.93 bits per heavy atom. The number of aliphatic hydroxyl groups is 1. The second kappa shape index (κ2) is 7.50. The van der Waals surface area contributed by atoms with E-state index in [9.17, 15) is 14.3 Å². The molecule has 0 saturated carbocycles. The number of rotatable bonds is 5. The number of β-amino-alcohol motifs (C(OH)–C–C–N with tert-alkyl or cyclic N) is 1. The smallest absolute Gasteiger partial charge is 0.220 e. The lowest BCUT2D eigenvalue weighted by atomic mass is 10.0. The third-order valence-corrected chi connectivity index (χ3v) is 5.08. The average Bonchev–Trinajstić information content (AvgIpc) is 3.24. The number of H-pyrrole nitrogens is 1. The minimum Gasteiger partial charge on any atom is -0.390 e. The Kier molecular flexibility index (Phi) is 4.92. The summed E-state index contributed by atoms with van der Waals surface area (Å²) in [7, 11) is 0. The fourth-order valence-electron chi connectivity index (χ4n) is 3.65. The Morgan fingerprint density at radius 1 is 1.15 bits per heavy atom. The first-order valence-electron chi connectivity index (χ1n) is 9.15. The summed E-state index contributed by atoms with van der Waals surface area (Å²) >= 11 is 0. The van der Waals surface area contributed by atoms with Crippen molar-refractivity contribution in [3.8, 4) is 11.3 Å². The summed E-state index contributed by atoms with van der Waals surface area (Å²) in [5.41, 5.74) is 3.82. The van der Waals surface area contributed by atoms with Crippen LogP contribution >= 0.6 is 0 Å². The number of amides is 1. The highest BCUT2D eigenvalue weighted by Crippen LogP contribution is 2.31. The van der Waals surface area contributed by atoms with E-state index in [1.165, 1.54) is 12.1 Å². The molecule has 5 nitrogen and oxygen atoms in total. The maximum Gasteiger partial charge on any atom is 0.220 e. The SMILES string of the molecule is O=C(CCc1c(-c2ccc(F)cc2)[nH]c2ccccc12)N[C@@H]1CNC[C@H]1O. The lowest BCUT2D eigenvalue weighted by Crippen LogP contribution is -2.42. The number of hydrogen-bond acceptors (Lipinski definition) is 3. The quantitative estimate of drug-likeness (QED) is 0.559. The number of aryl methyl sites for hydroxylation is 1. The standard InChI is InChI=1S/C21H22FN3O2/c22-14-7-5-13(6-8-14)21-16(15-3-1-2-4-17(15)25-21)9-10-20(27)24-18-11-23-12-19(18)26/h1-8,18-19,23,25-26H,9-12H2,(H,24,27)/t18-,19-/m1/s1. The van der Waals surface area contributed by atoms with Crippen molar-refractivity contribution in [2.75, 3.05) is 13.1 Å². The van der Waals surface area contributed by atoms with E-state index in [1.807, 2.05) is 24.3 Å². The minimum absolute atomic E-state index is 0.0851. The molecule has 3 aromatic rings. The number of nitrogens with one attached hydrogen (secondary N) is 3. The number of aromatic amines is 1. The number of benzene rings is 2. The van der Waals surface area contributed by atoms with E-state index >= 15 is 0 Å². The number of halogens is 1. The summed E-state index contributed by atoms with van der Waals surface area (Å²) in [5, 5.41) is 16.8. The van der Waals surface area contributed by atoms with Gasteiger partial charge in [0.25, 0.3) is 0 Å². The molecule has 4 N–H and O–H groups in total. The number of carbonyl (C=O) groups is 1. The fraction of sp³-hybridized carbons (Fsp3) is 0.286. The third-order valence-electron chi connectivity index (χ3n) is 5.08. The van der Waals surface area contributed by atoms with Crippen LogP contribution in [0.1, 0.15) is 12.0 Å². The number of fused-ring (bicyclic) bond motifs is 1. The van der Waals surface area contributed by atoms with Crippen LogP contribution in [0, 0.1) is 5.82 Å². The zero-order chi connectivity index (χ0) is 18.8. The fourth-order valence-corrected chi connectivity index (χ4v) is 3.65. The van der Waals surface area contributed by atoms with E-state index in [2.05, 4.69) is 15.6 Å². The first-order chi connectivity index (χ1) is 13.1. The zero-order valence-electron chi connectivity index (χ0n) is 14.8. The molecule has 2 atom stereocenters. The molecule has 0 bridgehead atoms. The number of carbonyl (C=O) groups excluding carboxylic acids is 1. The molecule has 0 radical (unpaired) electrons. The van der Waals surface area contributed by atoms with Gasteiger partial charge in [-0.1, -0.05) is 18.2 Å². The molecule has 1 fully saturated rings. The number of aliphatic hydroxyl groups excluding tert-OH is 1. The molecule has 2 heterocycles. The largest absolute Gasteiger partial charge is 0.390 e. The van der Waals surface area contributed by atoms with Gasteiger partial charge in [0.2, 0.25) is 5.91 Å². The highest BCUT2D eigenvalue weighted by molar-refractivity contribution is 5.91. The predicted octanol–water partition coefficient (Wildman–Crippen LogP) is 2.36. The number of hydrogen-bond donors (Lipinski definition) is 4. The molecule has 0 aliphatic carbocycles. The van der Waals surface area contributed by atoms with Crippen LogP contribution in [0.15, 0.2) is 48.5 Å². The molecule has 27 heavy (non-hydrogen) atoms. The van der Waals surface area contributed by atoms with Crippen molar-refractivity contribution in [2.45, 2.75) is 25.0 Å². The van der Waals surface area contributed by atoms with Gasteiger partial charge >= 0.3 is 0 Å². The van der Waals surface area contributed by atoms with Crippen LogP contribution in [0.5, 0.6) is 0 Å². The first kappa shape index (κ1) is 17.7. The Labute approximate surface area is 156 Å². The van der Waals surface area contributed by atoms with Crippen LogP contribution < -0.4 is 10.6 Å². The highest BCUT2D eigenvalue weighted by Gasteiger charge is 2.26. The summed E-state index contributed by atoms with van der Waals surface area (Å²) in [6.45, 7) is 1.09. The van der Waals surface area contributed by atoms with Crippen LogP contribution in [0.4, 0.5) is 4.39 Å². The minimum atomic E-state index is -0.545. The van der Waals surface area contributed by atoms with Gasteiger partial charge in [0.05, 0.1) is 12.1 Å². The molecule has 2 aromatic carbocycles. The molecule has 1 amide bonds. The van der Waals surface area contributed by atoms with Gasteiger partial charge in [0.1, 0.15) is 5.82 Å². The van der Waals surface area contributed by atoms with Crippen LogP contribution in [-0.2, 0) is 11.2 Å². The van der Waals surface area contributed by atoms with Crippen molar-refractivity contribution in [3.63, 3.8) is 0 Å². The maximum absolute atomic E-state index is 13.3. The zero-order valence-corrected chi connectivity index (χ0v) is 14.8. The van der Waals surface area contributed by atoms with Crippen molar-refractivity contribution in [1.82, 2.24) is 15.6 Å². The second-order valence-corrected chi connectivity index (χ2v) is 6.93. The van der Waals surface area contributed by atoms with Crippen LogP contribution in [0.2, 0.25) is 0 Å². The van der Waals surface area contributed by atoms with E-state index in [1.54, 1.807) is 12.1 Å². The van der Waals surface area contributed by atoms with Gasteiger partial charge in [-0.25, -0.2) is 4.39 Å². The second-order valence-electron chi connectivity index (χ2n) is 6.93. The molecule has 4 rings (SSSR count).